The first-order valence-electron chi connectivity index (χ1n) is 6.20. The second kappa shape index (κ2) is 5.16. The number of hydrogen-bond acceptors (Lipinski definition) is 3. The first-order valence-corrected chi connectivity index (χ1v) is 6.20. The molecule has 0 amide bonds. The number of para-hydroxylation sites is 1. The van der Waals surface area contributed by atoms with E-state index in [1.54, 1.807) is 0 Å². The van der Waals surface area contributed by atoms with E-state index in [2.05, 4.69) is 5.10 Å². The zero-order valence-corrected chi connectivity index (χ0v) is 10.8. The molecule has 0 spiro atoms. The normalized spacial score (nSPS) is 10.5. The highest BCUT2D eigenvalue weighted by molar-refractivity contribution is 5.61. The van der Waals surface area contributed by atoms with Crippen LogP contribution in [-0.4, -0.2) is 14.7 Å². The molecule has 5 nitrogen and oxygen atoms in total. The highest BCUT2D eigenvalue weighted by Crippen LogP contribution is 2.24. The van der Waals surface area contributed by atoms with Crippen molar-refractivity contribution in [2.75, 3.05) is 0 Å². The number of halogens is 1. The molecule has 0 atom stereocenters. The van der Waals surface area contributed by atoms with Gasteiger partial charge in [0.05, 0.1) is 16.8 Å². The Hall–Kier alpha value is -3.02. The van der Waals surface area contributed by atoms with Crippen molar-refractivity contribution >= 4 is 5.69 Å². The molecule has 0 fully saturated rings. The van der Waals surface area contributed by atoms with Crippen LogP contribution in [0.3, 0.4) is 0 Å². The van der Waals surface area contributed by atoms with E-state index < -0.39 is 10.7 Å². The molecule has 0 unspecified atom stereocenters. The van der Waals surface area contributed by atoms with Gasteiger partial charge in [0.2, 0.25) is 0 Å². The molecular weight excluding hydrogens is 273 g/mol. The van der Waals surface area contributed by atoms with E-state index in [1.807, 2.05) is 30.3 Å². The maximum absolute atomic E-state index is 14.0. The van der Waals surface area contributed by atoms with Crippen LogP contribution in [0.4, 0.5) is 10.1 Å². The first kappa shape index (κ1) is 13.0. The third kappa shape index (κ3) is 2.51. The smallest absolute Gasteiger partial charge is 0.258 e. The lowest BCUT2D eigenvalue weighted by Gasteiger charge is -2.00. The van der Waals surface area contributed by atoms with Gasteiger partial charge in [-0.3, -0.25) is 10.1 Å². The fourth-order valence-corrected chi connectivity index (χ4v) is 2.00. The second-order valence-corrected chi connectivity index (χ2v) is 4.41. The van der Waals surface area contributed by atoms with Crippen LogP contribution in [0.25, 0.3) is 16.9 Å². The van der Waals surface area contributed by atoms with Gasteiger partial charge in [-0.15, -0.1) is 0 Å². The van der Waals surface area contributed by atoms with Gasteiger partial charge >= 0.3 is 0 Å². The van der Waals surface area contributed by atoms with E-state index in [9.17, 15) is 14.5 Å². The SMILES string of the molecule is O=[N+]([O-])c1ccc(-c2nn(-c3ccccc3)cc2F)cc1. The first-order chi connectivity index (χ1) is 10.1. The molecule has 0 radical (unpaired) electrons. The van der Waals surface area contributed by atoms with Crippen molar-refractivity contribution in [2.45, 2.75) is 0 Å². The number of aromatic nitrogens is 2. The van der Waals surface area contributed by atoms with Crippen molar-refractivity contribution in [3.63, 3.8) is 0 Å². The molecule has 21 heavy (non-hydrogen) atoms. The van der Waals surface area contributed by atoms with Crippen LogP contribution < -0.4 is 0 Å². The van der Waals surface area contributed by atoms with Gasteiger partial charge in [0.25, 0.3) is 5.69 Å². The number of nitrogens with zero attached hydrogens (tertiary/aromatic N) is 3. The monoisotopic (exact) mass is 283 g/mol. The predicted molar refractivity (Wildman–Crippen MR) is 75.6 cm³/mol. The standard InChI is InChI=1S/C15H10FN3O2/c16-14-10-18(12-4-2-1-3-5-12)17-15(14)11-6-8-13(9-7-11)19(20)21/h1-10H. The van der Waals surface area contributed by atoms with Crippen molar-refractivity contribution in [1.82, 2.24) is 9.78 Å². The predicted octanol–water partition coefficient (Wildman–Crippen LogP) is 3.59. The Bertz CT molecular complexity index is 782. The molecule has 0 bridgehead atoms. The summed E-state index contributed by atoms with van der Waals surface area (Å²) in [5, 5.41) is 14.8. The van der Waals surface area contributed by atoms with E-state index in [-0.39, 0.29) is 11.4 Å². The Morgan fingerprint density at radius 2 is 1.71 bits per heavy atom. The molecule has 104 valence electrons. The van der Waals surface area contributed by atoms with Crippen molar-refractivity contribution in [2.24, 2.45) is 0 Å². The topological polar surface area (TPSA) is 61.0 Å². The maximum Gasteiger partial charge on any atom is 0.269 e. The molecule has 0 saturated carbocycles. The molecule has 2 aromatic carbocycles. The molecule has 0 aliphatic heterocycles. The molecule has 3 rings (SSSR count). The van der Waals surface area contributed by atoms with Crippen molar-refractivity contribution < 1.29 is 9.31 Å². The summed E-state index contributed by atoms with van der Waals surface area (Å²) in [6, 6.07) is 14.8. The van der Waals surface area contributed by atoms with Gasteiger partial charge in [0.15, 0.2) is 5.82 Å². The Morgan fingerprint density at radius 3 is 2.33 bits per heavy atom. The summed E-state index contributed by atoms with van der Waals surface area (Å²) in [7, 11) is 0. The van der Waals surface area contributed by atoms with E-state index in [4.69, 9.17) is 0 Å². The third-order valence-electron chi connectivity index (χ3n) is 3.04. The fraction of sp³-hybridized carbons (Fsp3) is 0. The molecule has 1 aromatic heterocycles. The van der Waals surface area contributed by atoms with Crippen LogP contribution in [0.1, 0.15) is 0 Å². The van der Waals surface area contributed by atoms with Gasteiger partial charge in [-0.1, -0.05) is 18.2 Å². The van der Waals surface area contributed by atoms with Crippen LogP contribution in [0.15, 0.2) is 60.8 Å². The summed E-state index contributed by atoms with van der Waals surface area (Å²) in [6.07, 6.45) is 1.28. The highest BCUT2D eigenvalue weighted by Gasteiger charge is 2.13. The van der Waals surface area contributed by atoms with Gasteiger partial charge in [-0.2, -0.15) is 5.10 Å². The van der Waals surface area contributed by atoms with Gasteiger partial charge < -0.3 is 0 Å². The summed E-state index contributed by atoms with van der Waals surface area (Å²) in [6.45, 7) is 0. The minimum Gasteiger partial charge on any atom is -0.258 e. The van der Waals surface area contributed by atoms with Gasteiger partial charge in [0.1, 0.15) is 5.69 Å². The molecule has 1 heterocycles. The van der Waals surface area contributed by atoms with Gasteiger partial charge in [-0.05, 0) is 24.3 Å². The van der Waals surface area contributed by atoms with Gasteiger partial charge in [-0.25, -0.2) is 9.07 Å². The molecule has 0 N–H and O–H groups in total. The lowest BCUT2D eigenvalue weighted by molar-refractivity contribution is -0.384. The number of non-ortho nitro benzene ring substituents is 1. The largest absolute Gasteiger partial charge is 0.269 e. The molecular formula is C15H10FN3O2. The Morgan fingerprint density at radius 1 is 1.05 bits per heavy atom. The van der Waals surface area contributed by atoms with Crippen LogP contribution >= 0.6 is 0 Å². The number of nitro benzene ring substituents is 1. The van der Waals surface area contributed by atoms with E-state index in [0.717, 1.165) is 5.69 Å². The van der Waals surface area contributed by atoms with Crippen molar-refractivity contribution in [3.05, 3.63) is 76.7 Å². The average Bonchev–Trinajstić information content (AvgIpc) is 2.90. The number of nitro groups is 1. The molecule has 3 aromatic rings. The summed E-state index contributed by atoms with van der Waals surface area (Å²) < 4.78 is 15.5. The van der Waals surface area contributed by atoms with E-state index in [0.29, 0.717) is 5.56 Å². The lowest BCUT2D eigenvalue weighted by atomic mass is 10.1. The van der Waals surface area contributed by atoms with E-state index in [1.165, 1.54) is 35.1 Å². The summed E-state index contributed by atoms with van der Waals surface area (Å²) in [4.78, 5) is 10.1. The summed E-state index contributed by atoms with van der Waals surface area (Å²) >= 11 is 0. The van der Waals surface area contributed by atoms with Crippen LogP contribution in [0, 0.1) is 15.9 Å². The Kier molecular flexibility index (Phi) is 3.19. The minimum atomic E-state index is -0.497. The average molecular weight is 283 g/mol. The van der Waals surface area contributed by atoms with Crippen LogP contribution in [0.5, 0.6) is 0 Å². The number of hydrogen-bond donors (Lipinski definition) is 0. The Balaban J connectivity index is 2.00. The maximum atomic E-state index is 14.0. The molecule has 0 aliphatic rings. The van der Waals surface area contributed by atoms with Crippen molar-refractivity contribution in [3.8, 4) is 16.9 Å². The third-order valence-corrected chi connectivity index (χ3v) is 3.04. The molecule has 0 saturated heterocycles. The summed E-state index contributed by atoms with van der Waals surface area (Å²) in [5.74, 6) is -0.479. The highest BCUT2D eigenvalue weighted by atomic mass is 19.1. The van der Waals surface area contributed by atoms with Crippen molar-refractivity contribution in [1.29, 1.82) is 0 Å². The zero-order chi connectivity index (χ0) is 14.8. The zero-order valence-electron chi connectivity index (χ0n) is 10.8. The van der Waals surface area contributed by atoms with Gasteiger partial charge in [0, 0.05) is 17.7 Å². The van der Waals surface area contributed by atoms with Crippen LogP contribution in [-0.2, 0) is 0 Å². The second-order valence-electron chi connectivity index (χ2n) is 4.41. The van der Waals surface area contributed by atoms with E-state index >= 15 is 0 Å². The number of benzene rings is 2. The number of rotatable bonds is 3. The molecule has 0 aliphatic carbocycles. The summed E-state index contributed by atoms with van der Waals surface area (Å²) in [5.41, 5.74) is 1.35. The lowest BCUT2D eigenvalue weighted by Crippen LogP contribution is -1.94. The minimum absolute atomic E-state index is 0.0401. The Labute approximate surface area is 119 Å². The quantitative estimate of drug-likeness (QED) is 0.545. The molecule has 6 heteroatoms. The fourth-order valence-electron chi connectivity index (χ4n) is 2.00. The van der Waals surface area contributed by atoms with Crippen LogP contribution in [0.2, 0.25) is 0 Å².